The maximum absolute atomic E-state index is 12.1. The van der Waals surface area contributed by atoms with Gasteiger partial charge in [-0.2, -0.15) is 0 Å². The van der Waals surface area contributed by atoms with E-state index >= 15 is 0 Å². The largest absolute Gasteiger partial charge is 0.384 e. The Labute approximate surface area is 118 Å². The Morgan fingerprint density at radius 3 is 2.79 bits per heavy atom. The van der Waals surface area contributed by atoms with Crippen LogP contribution in [0.25, 0.3) is 0 Å². The lowest BCUT2D eigenvalue weighted by Crippen LogP contribution is -2.50. The number of halogens is 1. The van der Waals surface area contributed by atoms with E-state index in [9.17, 15) is 4.79 Å². The van der Waals surface area contributed by atoms with Crippen LogP contribution >= 0.6 is 11.6 Å². The first-order chi connectivity index (χ1) is 9.04. The van der Waals surface area contributed by atoms with Gasteiger partial charge in [0, 0.05) is 16.7 Å². The molecule has 1 amide bonds. The zero-order valence-electron chi connectivity index (χ0n) is 10.8. The summed E-state index contributed by atoms with van der Waals surface area (Å²) in [5.41, 5.74) is 1.08. The smallest absolute Gasteiger partial charge is 0.251 e. The van der Waals surface area contributed by atoms with E-state index in [-0.39, 0.29) is 18.1 Å². The number of aliphatic hydroxyl groups is 1. The van der Waals surface area contributed by atoms with Crippen LogP contribution in [0.3, 0.4) is 0 Å². The number of rotatable bonds is 2. The minimum Gasteiger partial charge on any atom is -0.384 e. The Balaban J connectivity index is 2.12. The Bertz CT molecular complexity index is 553. The molecule has 1 aromatic rings. The van der Waals surface area contributed by atoms with Crippen molar-refractivity contribution in [2.24, 2.45) is 0 Å². The van der Waals surface area contributed by atoms with Crippen LogP contribution in [0, 0.1) is 11.8 Å². The fraction of sp³-hybridized carbons (Fsp3) is 0.400. The molecule has 1 fully saturated rings. The average molecular weight is 278 g/mol. The summed E-state index contributed by atoms with van der Waals surface area (Å²) >= 11 is 6.06. The van der Waals surface area contributed by atoms with Crippen molar-refractivity contribution in [3.63, 3.8) is 0 Å². The molecule has 4 heteroatoms. The highest BCUT2D eigenvalue weighted by Gasteiger charge is 2.33. The number of amides is 1. The standard InChI is InChI=1S/C15H16ClNO2/c1-15(7-3-8-15)17-14(19)12-6-5-11(4-2-9-18)13(16)10-12/h5-6,10,18H,3,7-9H2,1H3,(H,17,19). The zero-order valence-corrected chi connectivity index (χ0v) is 11.5. The Morgan fingerprint density at radius 1 is 1.53 bits per heavy atom. The molecule has 1 aliphatic carbocycles. The van der Waals surface area contributed by atoms with Crippen LogP contribution < -0.4 is 5.32 Å². The maximum Gasteiger partial charge on any atom is 0.251 e. The Hall–Kier alpha value is -1.50. The van der Waals surface area contributed by atoms with E-state index in [2.05, 4.69) is 24.1 Å². The van der Waals surface area contributed by atoms with Crippen molar-refractivity contribution in [2.45, 2.75) is 31.7 Å². The van der Waals surface area contributed by atoms with Gasteiger partial charge in [-0.25, -0.2) is 0 Å². The summed E-state index contributed by atoms with van der Waals surface area (Å²) in [6.45, 7) is 1.84. The lowest BCUT2D eigenvalue weighted by atomic mass is 9.78. The fourth-order valence-electron chi connectivity index (χ4n) is 2.07. The van der Waals surface area contributed by atoms with Crippen LogP contribution in [0.1, 0.15) is 42.1 Å². The Morgan fingerprint density at radius 2 is 2.26 bits per heavy atom. The molecule has 1 saturated carbocycles. The molecule has 1 aromatic carbocycles. The summed E-state index contributed by atoms with van der Waals surface area (Å²) in [6, 6.07) is 5.01. The minimum absolute atomic E-state index is 0.0705. The number of benzene rings is 1. The minimum atomic E-state index is -0.211. The summed E-state index contributed by atoms with van der Waals surface area (Å²) < 4.78 is 0. The van der Waals surface area contributed by atoms with Gasteiger partial charge >= 0.3 is 0 Å². The monoisotopic (exact) mass is 277 g/mol. The lowest BCUT2D eigenvalue weighted by Gasteiger charge is -2.39. The third kappa shape index (κ3) is 3.28. The predicted molar refractivity (Wildman–Crippen MR) is 75.1 cm³/mol. The summed E-state index contributed by atoms with van der Waals surface area (Å²) in [5, 5.41) is 12.1. The highest BCUT2D eigenvalue weighted by atomic mass is 35.5. The van der Waals surface area contributed by atoms with Gasteiger partial charge in [-0.05, 0) is 44.4 Å². The normalized spacial score (nSPS) is 15.9. The third-order valence-corrected chi connectivity index (χ3v) is 3.72. The maximum atomic E-state index is 12.1. The van der Waals surface area contributed by atoms with Crippen LogP contribution in [-0.2, 0) is 0 Å². The van der Waals surface area contributed by atoms with Crippen molar-refractivity contribution in [1.82, 2.24) is 5.32 Å². The van der Waals surface area contributed by atoms with Crippen molar-refractivity contribution in [1.29, 1.82) is 0 Å². The van der Waals surface area contributed by atoms with Gasteiger partial charge in [-0.15, -0.1) is 0 Å². The first-order valence-electron chi connectivity index (χ1n) is 6.26. The van der Waals surface area contributed by atoms with E-state index in [0.717, 1.165) is 19.3 Å². The van der Waals surface area contributed by atoms with Crippen LogP contribution in [0.5, 0.6) is 0 Å². The van der Waals surface area contributed by atoms with Gasteiger partial charge in [-0.1, -0.05) is 23.4 Å². The second-order valence-electron chi connectivity index (χ2n) is 5.02. The second kappa shape index (κ2) is 5.64. The molecule has 0 bridgehead atoms. The van der Waals surface area contributed by atoms with Gasteiger partial charge < -0.3 is 10.4 Å². The molecule has 0 unspecified atom stereocenters. The first-order valence-corrected chi connectivity index (χ1v) is 6.64. The van der Waals surface area contributed by atoms with Gasteiger partial charge in [0.25, 0.3) is 5.91 Å². The molecule has 0 heterocycles. The van der Waals surface area contributed by atoms with Gasteiger partial charge in [0.1, 0.15) is 6.61 Å². The summed E-state index contributed by atoms with van der Waals surface area (Å²) in [4.78, 5) is 12.1. The second-order valence-corrected chi connectivity index (χ2v) is 5.43. The van der Waals surface area contributed by atoms with Crippen molar-refractivity contribution in [3.8, 4) is 11.8 Å². The molecule has 2 rings (SSSR count). The molecule has 0 aliphatic heterocycles. The molecule has 100 valence electrons. The molecule has 19 heavy (non-hydrogen) atoms. The summed E-state index contributed by atoms with van der Waals surface area (Å²) in [6.07, 6.45) is 3.20. The molecular weight excluding hydrogens is 262 g/mol. The molecule has 1 aliphatic rings. The number of hydrogen-bond acceptors (Lipinski definition) is 2. The Kier molecular flexibility index (Phi) is 4.14. The average Bonchev–Trinajstić information content (AvgIpc) is 2.35. The SMILES string of the molecule is CC1(NC(=O)c2ccc(C#CCO)c(Cl)c2)CCC1. The molecule has 0 spiro atoms. The molecule has 0 aromatic heterocycles. The van der Waals surface area contributed by atoms with Gasteiger partial charge in [0.05, 0.1) is 5.02 Å². The van der Waals surface area contributed by atoms with E-state index in [1.165, 1.54) is 0 Å². The van der Waals surface area contributed by atoms with Crippen molar-refractivity contribution in [2.75, 3.05) is 6.61 Å². The molecule has 0 atom stereocenters. The van der Waals surface area contributed by atoms with Crippen LogP contribution in [0.2, 0.25) is 5.02 Å². The van der Waals surface area contributed by atoms with Crippen LogP contribution in [0.15, 0.2) is 18.2 Å². The molecule has 2 N–H and O–H groups in total. The zero-order chi connectivity index (χ0) is 13.9. The number of carbonyl (C=O) groups excluding carboxylic acids is 1. The van der Waals surface area contributed by atoms with Crippen molar-refractivity contribution < 1.29 is 9.90 Å². The number of hydrogen-bond donors (Lipinski definition) is 2. The van der Waals surface area contributed by atoms with E-state index in [4.69, 9.17) is 16.7 Å². The van der Waals surface area contributed by atoms with Crippen LogP contribution in [-0.4, -0.2) is 23.2 Å². The van der Waals surface area contributed by atoms with Crippen LogP contribution in [0.4, 0.5) is 0 Å². The van der Waals surface area contributed by atoms with Gasteiger partial charge in [0.2, 0.25) is 0 Å². The highest BCUT2D eigenvalue weighted by molar-refractivity contribution is 6.32. The number of aliphatic hydroxyl groups excluding tert-OH is 1. The topological polar surface area (TPSA) is 49.3 Å². The lowest BCUT2D eigenvalue weighted by molar-refractivity contribution is 0.0850. The third-order valence-electron chi connectivity index (χ3n) is 3.41. The van der Waals surface area contributed by atoms with E-state index < -0.39 is 0 Å². The summed E-state index contributed by atoms with van der Waals surface area (Å²) in [7, 11) is 0. The highest BCUT2D eigenvalue weighted by Crippen LogP contribution is 2.31. The fourth-order valence-corrected chi connectivity index (χ4v) is 2.30. The molecule has 0 radical (unpaired) electrons. The van der Waals surface area contributed by atoms with Crippen molar-refractivity contribution in [3.05, 3.63) is 34.3 Å². The summed E-state index contributed by atoms with van der Waals surface area (Å²) in [5.74, 6) is 5.16. The number of nitrogens with one attached hydrogen (secondary N) is 1. The molecule has 0 saturated heterocycles. The number of carbonyl (C=O) groups is 1. The van der Waals surface area contributed by atoms with E-state index in [0.29, 0.717) is 16.1 Å². The quantitative estimate of drug-likeness (QED) is 0.816. The van der Waals surface area contributed by atoms with Gasteiger partial charge in [0.15, 0.2) is 0 Å². The predicted octanol–water partition coefficient (Wildman–Crippen LogP) is 2.36. The molecule has 3 nitrogen and oxygen atoms in total. The van der Waals surface area contributed by atoms with Gasteiger partial charge in [-0.3, -0.25) is 4.79 Å². The van der Waals surface area contributed by atoms with E-state index in [1.807, 2.05) is 0 Å². The van der Waals surface area contributed by atoms with E-state index in [1.54, 1.807) is 18.2 Å². The molecular formula is C15H16ClNO2. The van der Waals surface area contributed by atoms with Crippen molar-refractivity contribution >= 4 is 17.5 Å². The first kappa shape index (κ1) is 13.9.